The summed E-state index contributed by atoms with van der Waals surface area (Å²) in [5.74, 6) is -12.8. The first-order chi connectivity index (χ1) is 47.8. The van der Waals surface area contributed by atoms with E-state index in [1.165, 1.54) is 110 Å². The molecule has 0 saturated carbocycles. The number of imidazole rings is 1. The minimum atomic E-state index is -2.06. The molecule has 11 amide bonds. The fourth-order valence-corrected chi connectivity index (χ4v) is 12.0. The highest BCUT2D eigenvalue weighted by Gasteiger charge is 2.49. The lowest BCUT2D eigenvalue weighted by Crippen LogP contribution is -2.63. The first-order valence-corrected chi connectivity index (χ1v) is 32.2. The molecule has 4 aromatic carbocycles. The van der Waals surface area contributed by atoms with Crippen LogP contribution < -0.4 is 58.3 Å². The van der Waals surface area contributed by atoms with Gasteiger partial charge in [0, 0.05) is 98.2 Å². The number of phenolic OH excluding ortho intramolecular Hbond substituents is 1. The summed E-state index contributed by atoms with van der Waals surface area (Å²) in [5, 5.41) is 44.2. The number of primary amides is 1. The summed E-state index contributed by atoms with van der Waals surface area (Å²) in [4.78, 5) is 182. The number of hydrogen-bond donors (Lipinski definition) is 15. The molecule has 7 aromatic rings. The molecule has 10 rings (SSSR count). The average Bonchev–Trinajstić information content (AvgIpc) is 1.59. The number of rotatable bonds is 12. The predicted molar refractivity (Wildman–Crippen MR) is 354 cm³/mol. The van der Waals surface area contributed by atoms with Gasteiger partial charge in [-0.1, -0.05) is 24.3 Å². The van der Waals surface area contributed by atoms with Gasteiger partial charge in [0.25, 0.3) is 5.91 Å². The third-order valence-corrected chi connectivity index (χ3v) is 17.3. The Hall–Kier alpha value is -11.7. The fourth-order valence-electron chi connectivity index (χ4n) is 12.0. The number of carboxylic acid groups (broad SMARTS) is 1. The highest BCUT2D eigenvalue weighted by molar-refractivity contribution is 6.01. The number of benzene rings is 4. The van der Waals surface area contributed by atoms with Gasteiger partial charge in [-0.15, -0.1) is 0 Å². The highest BCUT2D eigenvalue weighted by atomic mass is 19.1. The molecular formula is C68H77F2N15O15. The van der Waals surface area contributed by atoms with E-state index in [1.54, 1.807) is 12.1 Å². The van der Waals surface area contributed by atoms with Crippen LogP contribution in [0.1, 0.15) is 80.3 Å². The number of nitrogens with one attached hydrogen (secondary N) is 12. The molecule has 3 aromatic heterocycles. The molecule has 0 radical (unpaired) electrons. The minimum absolute atomic E-state index is 0.0183. The van der Waals surface area contributed by atoms with Crippen LogP contribution in [0.2, 0.25) is 0 Å². The van der Waals surface area contributed by atoms with Crippen LogP contribution in [0.3, 0.4) is 0 Å². The van der Waals surface area contributed by atoms with Crippen LogP contribution in [-0.2, 0) is 89.6 Å². The SMILES string of the molecule is CC(=O)N[C@H]1CCCCNC(=O)COc2ccc(cc2)C[C@@H](C(N)=O)NC(=O)[C@]2(C)CCCN2C(=O)[C@H](Cc2ccc(O)cc2)NC(=O)[C@H](Cc2cnc[nH]2)NC(=O)[C@H](CC(=O)O)NC(=O)[C@H](Cc2c[nH]c3ccc(F)cc23)NC(=O)[C@H](Cc2c[nH]c3ccc(F)cc23)NC(=O)CNC1=O. The fraction of sp³-hybridized carbons (Fsp3) is 0.368. The normalized spacial score (nSPS) is 22.7. The summed E-state index contributed by atoms with van der Waals surface area (Å²) in [6.45, 7) is 1.58. The van der Waals surface area contributed by atoms with Crippen molar-refractivity contribution < 1.29 is 81.3 Å². The largest absolute Gasteiger partial charge is 0.508 e. The van der Waals surface area contributed by atoms with Gasteiger partial charge in [0.15, 0.2) is 6.61 Å². The second kappa shape index (κ2) is 33.0. The molecule has 0 aliphatic carbocycles. The van der Waals surface area contributed by atoms with Crippen molar-refractivity contribution in [3.63, 3.8) is 0 Å². The van der Waals surface area contributed by atoms with Crippen LogP contribution >= 0.6 is 0 Å². The number of nitrogens with two attached hydrogens (primary N) is 1. The summed E-state index contributed by atoms with van der Waals surface area (Å²) >= 11 is 0. The zero-order valence-corrected chi connectivity index (χ0v) is 54.5. The Kier molecular flexibility index (Phi) is 23.9. The molecule has 528 valence electrons. The Labute approximate surface area is 569 Å². The van der Waals surface area contributed by atoms with Crippen LogP contribution in [0, 0.1) is 11.6 Å². The van der Waals surface area contributed by atoms with E-state index in [1.807, 2.05) is 0 Å². The van der Waals surface area contributed by atoms with Gasteiger partial charge in [0.05, 0.1) is 19.3 Å². The number of aromatic hydroxyl groups is 1. The molecule has 32 heteroatoms. The number of aromatic nitrogens is 4. The number of ether oxygens (including phenoxy) is 1. The molecule has 100 heavy (non-hydrogen) atoms. The zero-order valence-electron chi connectivity index (χ0n) is 54.5. The predicted octanol–water partition coefficient (Wildman–Crippen LogP) is 0.419. The Morgan fingerprint density at radius 3 is 1.85 bits per heavy atom. The zero-order chi connectivity index (χ0) is 71.8. The molecule has 0 unspecified atom stereocenters. The average molecular weight is 1380 g/mol. The number of halogens is 2. The topological polar surface area (TPSA) is 452 Å². The van der Waals surface area contributed by atoms with Gasteiger partial charge in [-0.3, -0.25) is 57.5 Å². The molecular weight excluding hydrogens is 1300 g/mol. The van der Waals surface area contributed by atoms with Crippen LogP contribution in [0.5, 0.6) is 11.5 Å². The summed E-state index contributed by atoms with van der Waals surface area (Å²) in [6, 6.07) is 8.13. The van der Waals surface area contributed by atoms with E-state index in [4.69, 9.17) is 10.5 Å². The van der Waals surface area contributed by atoms with Crippen molar-refractivity contribution in [3.8, 4) is 11.5 Å². The molecule has 2 bridgehead atoms. The van der Waals surface area contributed by atoms with E-state index < -0.39 is 169 Å². The van der Waals surface area contributed by atoms with Crippen molar-refractivity contribution >= 4 is 92.8 Å². The van der Waals surface area contributed by atoms with Crippen LogP contribution in [0.25, 0.3) is 21.8 Å². The van der Waals surface area contributed by atoms with Gasteiger partial charge in [0.2, 0.25) is 59.1 Å². The molecule has 0 spiro atoms. The summed E-state index contributed by atoms with van der Waals surface area (Å²) in [6.07, 6.45) is 3.62. The number of nitrogens with zero attached hydrogens (tertiary/aromatic N) is 2. The van der Waals surface area contributed by atoms with E-state index in [2.05, 4.69) is 67.8 Å². The van der Waals surface area contributed by atoms with E-state index in [9.17, 15) is 66.9 Å². The number of amides is 11. The smallest absolute Gasteiger partial charge is 0.305 e. The summed E-state index contributed by atoms with van der Waals surface area (Å²) < 4.78 is 35.4. The maximum atomic E-state index is 15.2. The lowest BCUT2D eigenvalue weighted by molar-refractivity contribution is -0.147. The molecule has 3 aliphatic rings. The van der Waals surface area contributed by atoms with E-state index in [0.717, 1.165) is 6.07 Å². The number of carboxylic acids is 1. The first-order valence-electron chi connectivity index (χ1n) is 32.2. The van der Waals surface area contributed by atoms with Gasteiger partial charge >= 0.3 is 5.97 Å². The number of hydrogen-bond acceptors (Lipinski definition) is 15. The number of aromatic amines is 3. The highest BCUT2D eigenvalue weighted by Crippen LogP contribution is 2.32. The minimum Gasteiger partial charge on any atom is -0.508 e. The Morgan fingerprint density at radius 2 is 1.26 bits per heavy atom. The van der Waals surface area contributed by atoms with Gasteiger partial charge in [-0.05, 0) is 122 Å². The van der Waals surface area contributed by atoms with Crippen molar-refractivity contribution in [2.24, 2.45) is 5.73 Å². The van der Waals surface area contributed by atoms with Crippen LogP contribution in [-0.4, -0.2) is 180 Å². The third-order valence-electron chi connectivity index (χ3n) is 17.3. The molecule has 16 N–H and O–H groups in total. The molecule has 30 nitrogen and oxygen atoms in total. The first kappa shape index (κ1) is 72.5. The monoisotopic (exact) mass is 1380 g/mol. The molecule has 1 fully saturated rings. The van der Waals surface area contributed by atoms with Crippen molar-refractivity contribution in [1.82, 2.24) is 72.7 Å². The quantitative estimate of drug-likeness (QED) is 0.0737. The van der Waals surface area contributed by atoms with Crippen molar-refractivity contribution in [2.45, 2.75) is 132 Å². The number of phenols is 1. The van der Waals surface area contributed by atoms with E-state index >= 15 is 9.59 Å². The second-order valence-electron chi connectivity index (χ2n) is 24.8. The summed E-state index contributed by atoms with van der Waals surface area (Å²) in [5.41, 5.74) is 6.70. The second-order valence-corrected chi connectivity index (χ2v) is 24.8. The standard InChI is InChI=1S/C68H77F2N15O15/c1-36(86)78-50-6-3-4-20-73-58(89)34-100-45-15-9-38(10-16-45)22-51(60(71)92)84-67(99)68(2)19-5-21-85(68)66(98)56(23-37-7-13-44(87)14-8-37)83-64(96)54(28-43-32-72-35-77-43)81-65(97)55(29-59(90)91)82-63(95)53(25-40-31-75-49-18-12-42(70)27-47(40)49)80-62(94)52(79-57(88)33-76-61(50)93)24-39-30-74-48-17-11-41(69)26-46(39)48/h7-18,26-27,30-32,35,50-56,74-75,87H,3-6,19-25,28-29,33-34H2,1-2H3,(H2,71,92)(H,72,77)(H,73,89)(H,76,93)(H,78,86)(H,79,88)(H,80,94)(H,81,97)(H,82,95)(H,83,96)(H,84,99)(H,90,91)/t50-,51-,52-,53-,54-,55-,56-,68-/m0/s1. The maximum Gasteiger partial charge on any atom is 0.305 e. The Morgan fingerprint density at radius 1 is 0.670 bits per heavy atom. The molecule has 1 saturated heterocycles. The number of H-pyrrole nitrogens is 3. The lowest BCUT2D eigenvalue weighted by Gasteiger charge is -2.37. The van der Waals surface area contributed by atoms with Gasteiger partial charge in [-0.25, -0.2) is 13.8 Å². The molecule has 3 aliphatic heterocycles. The summed E-state index contributed by atoms with van der Waals surface area (Å²) in [7, 11) is 0. The van der Waals surface area contributed by atoms with E-state index in [0.29, 0.717) is 34.0 Å². The van der Waals surface area contributed by atoms with Crippen molar-refractivity contribution in [2.75, 3.05) is 26.2 Å². The van der Waals surface area contributed by atoms with Crippen LogP contribution in [0.4, 0.5) is 8.78 Å². The maximum absolute atomic E-state index is 15.2. The van der Waals surface area contributed by atoms with Crippen molar-refractivity contribution in [3.05, 3.63) is 149 Å². The van der Waals surface area contributed by atoms with Gasteiger partial charge in [0.1, 0.15) is 71.0 Å². The molecule has 8 atom stereocenters. The lowest BCUT2D eigenvalue weighted by atomic mass is 9.94. The van der Waals surface area contributed by atoms with Gasteiger partial charge in [-0.2, -0.15) is 0 Å². The Balaban J connectivity index is 1.05. The number of carbonyl (C=O) groups is 12. The Bertz CT molecular complexity index is 4190. The number of fused-ring (bicyclic) bond motifs is 34. The van der Waals surface area contributed by atoms with Crippen LogP contribution in [0.15, 0.2) is 110 Å². The van der Waals surface area contributed by atoms with Crippen molar-refractivity contribution in [1.29, 1.82) is 0 Å². The number of carbonyl (C=O) groups excluding carboxylic acids is 11. The third kappa shape index (κ3) is 19.3. The molecule has 6 heterocycles. The van der Waals surface area contributed by atoms with Gasteiger partial charge < -0.3 is 88.4 Å². The number of aliphatic carboxylic acids is 1. The van der Waals surface area contributed by atoms with E-state index in [-0.39, 0.29) is 85.3 Å².